The number of carboxylic acid groups (broad SMARTS) is 1. The minimum absolute atomic E-state index is 0.0437. The van der Waals surface area contributed by atoms with Crippen LogP contribution in [0.1, 0.15) is 42.5 Å². The lowest BCUT2D eigenvalue weighted by Gasteiger charge is -2.25. The SMILES string of the molecule is NC1CCC(C(=O)Nc2cccc(C(=O)NCCC(=O)O)c2)CC1. The van der Waals surface area contributed by atoms with E-state index in [1.807, 2.05) is 0 Å². The van der Waals surface area contributed by atoms with Crippen LogP contribution >= 0.6 is 0 Å². The molecule has 5 N–H and O–H groups in total. The summed E-state index contributed by atoms with van der Waals surface area (Å²) >= 11 is 0. The highest BCUT2D eigenvalue weighted by Gasteiger charge is 2.24. The Bertz CT molecular complexity index is 610. The number of anilines is 1. The Morgan fingerprint density at radius 3 is 2.54 bits per heavy atom. The molecule has 0 saturated heterocycles. The van der Waals surface area contributed by atoms with Crippen LogP contribution in [0.15, 0.2) is 24.3 Å². The van der Waals surface area contributed by atoms with Crippen molar-refractivity contribution in [1.82, 2.24) is 5.32 Å². The molecule has 0 bridgehead atoms. The van der Waals surface area contributed by atoms with E-state index in [-0.39, 0.29) is 36.7 Å². The Kier molecular flexibility index (Phi) is 6.31. The van der Waals surface area contributed by atoms with E-state index in [1.54, 1.807) is 24.3 Å². The topological polar surface area (TPSA) is 122 Å². The second-order valence-electron chi connectivity index (χ2n) is 6.08. The Labute approximate surface area is 140 Å². The van der Waals surface area contributed by atoms with E-state index in [0.717, 1.165) is 25.7 Å². The smallest absolute Gasteiger partial charge is 0.305 e. The zero-order chi connectivity index (χ0) is 17.5. The summed E-state index contributed by atoms with van der Waals surface area (Å²) in [5.41, 5.74) is 6.78. The number of carbonyl (C=O) groups excluding carboxylic acids is 2. The molecule has 0 atom stereocenters. The van der Waals surface area contributed by atoms with Gasteiger partial charge in [-0.3, -0.25) is 14.4 Å². The van der Waals surface area contributed by atoms with Crippen LogP contribution in [0.5, 0.6) is 0 Å². The first-order chi connectivity index (χ1) is 11.5. The zero-order valence-electron chi connectivity index (χ0n) is 13.5. The van der Waals surface area contributed by atoms with Crippen LogP contribution in [-0.4, -0.2) is 35.5 Å². The lowest BCUT2D eigenvalue weighted by Crippen LogP contribution is -2.32. The number of benzene rings is 1. The molecule has 1 aromatic carbocycles. The third kappa shape index (κ3) is 5.34. The first-order valence-electron chi connectivity index (χ1n) is 8.12. The summed E-state index contributed by atoms with van der Waals surface area (Å²) in [4.78, 5) is 34.7. The standard InChI is InChI=1S/C17H23N3O4/c18-13-6-4-11(5-7-13)17(24)20-14-3-1-2-12(10-14)16(23)19-9-8-15(21)22/h1-3,10-11,13H,4-9,18H2,(H,19,23)(H,20,24)(H,21,22). The molecule has 0 spiro atoms. The average molecular weight is 333 g/mol. The average Bonchev–Trinajstić information content (AvgIpc) is 2.55. The van der Waals surface area contributed by atoms with E-state index in [1.165, 1.54) is 0 Å². The van der Waals surface area contributed by atoms with Crippen LogP contribution in [0.25, 0.3) is 0 Å². The Morgan fingerprint density at radius 1 is 1.17 bits per heavy atom. The number of nitrogens with two attached hydrogens (primary N) is 1. The third-order valence-electron chi connectivity index (χ3n) is 4.16. The van der Waals surface area contributed by atoms with Crippen LogP contribution < -0.4 is 16.4 Å². The fourth-order valence-corrected chi connectivity index (χ4v) is 2.75. The summed E-state index contributed by atoms with van der Waals surface area (Å²) in [5.74, 6) is -1.43. The first kappa shape index (κ1) is 17.9. The number of hydrogen-bond donors (Lipinski definition) is 4. The molecule has 0 radical (unpaired) electrons. The molecule has 1 aliphatic rings. The van der Waals surface area contributed by atoms with Gasteiger partial charge in [-0.15, -0.1) is 0 Å². The number of aliphatic carboxylic acids is 1. The Balaban J connectivity index is 1.91. The van der Waals surface area contributed by atoms with Gasteiger partial charge in [-0.25, -0.2) is 0 Å². The van der Waals surface area contributed by atoms with Crippen molar-refractivity contribution < 1.29 is 19.5 Å². The predicted molar refractivity (Wildman–Crippen MR) is 89.6 cm³/mol. The molecule has 0 aliphatic heterocycles. The summed E-state index contributed by atoms with van der Waals surface area (Å²) in [6.45, 7) is 0.0626. The molecule has 0 aromatic heterocycles. The second kappa shape index (κ2) is 8.44. The fourth-order valence-electron chi connectivity index (χ4n) is 2.75. The Morgan fingerprint density at radius 2 is 1.88 bits per heavy atom. The van der Waals surface area contributed by atoms with E-state index in [2.05, 4.69) is 10.6 Å². The molecule has 24 heavy (non-hydrogen) atoms. The molecule has 0 heterocycles. The molecule has 1 fully saturated rings. The van der Waals surface area contributed by atoms with Crippen LogP contribution in [-0.2, 0) is 9.59 Å². The quantitative estimate of drug-likeness (QED) is 0.626. The molecule has 2 rings (SSSR count). The number of carbonyl (C=O) groups is 3. The van der Waals surface area contributed by atoms with Gasteiger partial charge in [0.1, 0.15) is 0 Å². The number of hydrogen-bond acceptors (Lipinski definition) is 4. The molecule has 2 amide bonds. The highest BCUT2D eigenvalue weighted by molar-refractivity contribution is 5.97. The molecule has 7 nitrogen and oxygen atoms in total. The minimum Gasteiger partial charge on any atom is -0.481 e. The zero-order valence-corrected chi connectivity index (χ0v) is 13.5. The van der Waals surface area contributed by atoms with Gasteiger partial charge in [-0.1, -0.05) is 6.07 Å². The van der Waals surface area contributed by atoms with Gasteiger partial charge in [0.25, 0.3) is 5.91 Å². The van der Waals surface area contributed by atoms with Crippen molar-refractivity contribution in [3.05, 3.63) is 29.8 Å². The van der Waals surface area contributed by atoms with E-state index < -0.39 is 5.97 Å². The van der Waals surface area contributed by atoms with E-state index >= 15 is 0 Å². The lowest BCUT2D eigenvalue weighted by atomic mass is 9.86. The van der Waals surface area contributed by atoms with Crippen LogP contribution in [0.2, 0.25) is 0 Å². The van der Waals surface area contributed by atoms with Gasteiger partial charge >= 0.3 is 5.97 Å². The van der Waals surface area contributed by atoms with Gasteiger partial charge in [0.05, 0.1) is 6.42 Å². The highest BCUT2D eigenvalue weighted by atomic mass is 16.4. The van der Waals surface area contributed by atoms with Gasteiger partial charge < -0.3 is 21.5 Å². The minimum atomic E-state index is -0.969. The van der Waals surface area contributed by atoms with Crippen LogP contribution in [0, 0.1) is 5.92 Å². The van der Waals surface area contributed by atoms with Crippen molar-refractivity contribution in [2.75, 3.05) is 11.9 Å². The summed E-state index contributed by atoms with van der Waals surface area (Å²) in [5, 5.41) is 13.9. The third-order valence-corrected chi connectivity index (χ3v) is 4.16. The van der Waals surface area contributed by atoms with Crippen molar-refractivity contribution in [3.8, 4) is 0 Å². The van der Waals surface area contributed by atoms with Crippen molar-refractivity contribution in [3.63, 3.8) is 0 Å². The van der Waals surface area contributed by atoms with E-state index in [4.69, 9.17) is 10.8 Å². The summed E-state index contributed by atoms with van der Waals surface area (Å²) < 4.78 is 0. The van der Waals surface area contributed by atoms with Crippen LogP contribution in [0.4, 0.5) is 5.69 Å². The van der Waals surface area contributed by atoms with Crippen LogP contribution in [0.3, 0.4) is 0 Å². The molecule has 1 aliphatic carbocycles. The van der Waals surface area contributed by atoms with Gasteiger partial charge in [0, 0.05) is 29.8 Å². The summed E-state index contributed by atoms with van der Waals surface area (Å²) in [6, 6.07) is 6.79. The first-order valence-corrected chi connectivity index (χ1v) is 8.12. The van der Waals surface area contributed by atoms with Crippen molar-refractivity contribution in [2.24, 2.45) is 11.7 Å². The molecular formula is C17H23N3O4. The van der Waals surface area contributed by atoms with E-state index in [9.17, 15) is 14.4 Å². The maximum absolute atomic E-state index is 12.3. The lowest BCUT2D eigenvalue weighted by molar-refractivity contribution is -0.136. The molecule has 1 aromatic rings. The number of rotatable bonds is 6. The van der Waals surface area contributed by atoms with Crippen molar-refractivity contribution in [2.45, 2.75) is 38.1 Å². The maximum Gasteiger partial charge on any atom is 0.305 e. The van der Waals surface area contributed by atoms with E-state index in [0.29, 0.717) is 11.3 Å². The number of nitrogens with one attached hydrogen (secondary N) is 2. The number of amides is 2. The van der Waals surface area contributed by atoms with Gasteiger partial charge in [0.2, 0.25) is 5.91 Å². The summed E-state index contributed by atoms with van der Waals surface area (Å²) in [6.07, 6.45) is 3.13. The molecule has 0 unspecified atom stereocenters. The number of carboxylic acids is 1. The maximum atomic E-state index is 12.3. The molecule has 130 valence electrons. The molecule has 1 saturated carbocycles. The normalized spacial score (nSPS) is 20.2. The van der Waals surface area contributed by atoms with Gasteiger partial charge in [-0.05, 0) is 43.9 Å². The molecular weight excluding hydrogens is 310 g/mol. The van der Waals surface area contributed by atoms with Gasteiger partial charge in [0.15, 0.2) is 0 Å². The fraction of sp³-hybridized carbons (Fsp3) is 0.471. The largest absolute Gasteiger partial charge is 0.481 e. The Hall–Kier alpha value is -2.41. The highest BCUT2D eigenvalue weighted by Crippen LogP contribution is 2.24. The molecule has 7 heteroatoms. The summed E-state index contributed by atoms with van der Waals surface area (Å²) in [7, 11) is 0. The van der Waals surface area contributed by atoms with Crippen molar-refractivity contribution in [1.29, 1.82) is 0 Å². The van der Waals surface area contributed by atoms with Gasteiger partial charge in [-0.2, -0.15) is 0 Å². The predicted octanol–water partition coefficient (Wildman–Crippen LogP) is 1.35. The van der Waals surface area contributed by atoms with Crippen molar-refractivity contribution >= 4 is 23.5 Å². The second-order valence-corrected chi connectivity index (χ2v) is 6.08. The monoisotopic (exact) mass is 333 g/mol.